The fourth-order valence-electron chi connectivity index (χ4n) is 3.24. The Hall–Kier alpha value is -4.64. The zero-order valence-corrected chi connectivity index (χ0v) is 17.2. The van der Waals surface area contributed by atoms with Crippen molar-refractivity contribution in [2.24, 2.45) is 5.73 Å². The predicted molar refractivity (Wildman–Crippen MR) is 120 cm³/mol. The zero-order valence-electron chi connectivity index (χ0n) is 17.2. The number of hydrogen-bond acceptors (Lipinski definition) is 4. The molecule has 0 aliphatic heterocycles. The Balaban J connectivity index is 1.34. The molecule has 0 radical (unpaired) electrons. The summed E-state index contributed by atoms with van der Waals surface area (Å²) in [6, 6.07) is 19.0. The van der Waals surface area contributed by atoms with E-state index < -0.39 is 0 Å². The van der Waals surface area contributed by atoms with Crippen LogP contribution in [-0.2, 0) is 13.1 Å². The van der Waals surface area contributed by atoms with Gasteiger partial charge < -0.3 is 15.6 Å². The second-order valence-corrected chi connectivity index (χ2v) is 7.31. The molecule has 2 aromatic carbocycles. The van der Waals surface area contributed by atoms with E-state index in [0.717, 1.165) is 16.8 Å². The lowest BCUT2D eigenvalue weighted by molar-refractivity contribution is 0.0951. The number of amides is 1. The minimum absolute atomic E-state index is 0.0143. The Bertz CT molecular complexity index is 1290. The number of nitrogens with one attached hydrogen (secondary N) is 2. The number of nitrogen functional groups attached to an aromatic ring is 1. The monoisotopic (exact) mass is 423 g/mol. The smallest absolute Gasteiger partial charge is 0.254 e. The van der Waals surface area contributed by atoms with Crippen LogP contribution < -0.4 is 11.1 Å². The second kappa shape index (κ2) is 9.02. The van der Waals surface area contributed by atoms with E-state index in [1.807, 2.05) is 47.2 Å². The Morgan fingerprint density at radius 1 is 1.03 bits per heavy atom. The van der Waals surface area contributed by atoms with Crippen molar-refractivity contribution in [3.05, 3.63) is 107 Å². The number of nitrogens with two attached hydrogens (primary N) is 1. The number of benzene rings is 2. The van der Waals surface area contributed by atoms with Crippen LogP contribution in [0.5, 0.6) is 0 Å². The molecule has 32 heavy (non-hydrogen) atoms. The van der Waals surface area contributed by atoms with Gasteiger partial charge in [0.15, 0.2) is 0 Å². The molecule has 4 rings (SSSR count). The molecule has 0 atom stereocenters. The molecule has 1 amide bonds. The molecule has 4 N–H and O–H groups in total. The molecular weight excluding hydrogens is 402 g/mol. The molecule has 0 fully saturated rings. The predicted octanol–water partition coefficient (Wildman–Crippen LogP) is 2.81. The Morgan fingerprint density at radius 2 is 1.75 bits per heavy atom. The SMILES string of the molecule is N#Cc1ccn(-c2ccc(Cn3cc(C(=O)NCc4ccc(C(=N)N)cc4)cn3)cc2)c1. The van der Waals surface area contributed by atoms with Gasteiger partial charge in [-0.05, 0) is 29.3 Å². The maximum atomic E-state index is 12.4. The van der Waals surface area contributed by atoms with E-state index in [-0.39, 0.29) is 11.7 Å². The molecule has 0 spiro atoms. The van der Waals surface area contributed by atoms with E-state index >= 15 is 0 Å². The molecule has 0 saturated carbocycles. The standard InChI is InChI=1S/C24H21N7O/c25-11-19-9-10-30(14-19)22-7-3-18(4-8-22)15-31-16-21(13-29-31)24(32)28-12-17-1-5-20(6-2-17)23(26)27/h1-10,13-14,16H,12,15H2,(H3,26,27)(H,28,32). The lowest BCUT2D eigenvalue weighted by atomic mass is 10.1. The van der Waals surface area contributed by atoms with Crippen molar-refractivity contribution in [2.75, 3.05) is 0 Å². The van der Waals surface area contributed by atoms with Crippen molar-refractivity contribution in [3.63, 3.8) is 0 Å². The summed E-state index contributed by atoms with van der Waals surface area (Å²) in [5, 5.41) is 23.5. The normalized spacial score (nSPS) is 10.5. The average molecular weight is 423 g/mol. The number of rotatable bonds is 7. The molecule has 0 saturated heterocycles. The highest BCUT2D eigenvalue weighted by molar-refractivity contribution is 5.95. The van der Waals surface area contributed by atoms with Crippen molar-refractivity contribution >= 4 is 11.7 Å². The lowest BCUT2D eigenvalue weighted by Crippen LogP contribution is -2.22. The minimum atomic E-state index is -0.205. The van der Waals surface area contributed by atoms with E-state index in [0.29, 0.717) is 29.8 Å². The second-order valence-electron chi connectivity index (χ2n) is 7.31. The first-order chi connectivity index (χ1) is 15.5. The summed E-state index contributed by atoms with van der Waals surface area (Å²) in [7, 11) is 0. The fourth-order valence-corrected chi connectivity index (χ4v) is 3.24. The van der Waals surface area contributed by atoms with Crippen molar-refractivity contribution in [1.82, 2.24) is 19.7 Å². The van der Waals surface area contributed by atoms with Crippen molar-refractivity contribution < 1.29 is 4.79 Å². The maximum absolute atomic E-state index is 12.4. The molecule has 0 aliphatic rings. The largest absolute Gasteiger partial charge is 0.384 e. The third-order valence-electron chi connectivity index (χ3n) is 5.01. The third-order valence-corrected chi connectivity index (χ3v) is 5.01. The number of amidine groups is 1. The number of carbonyl (C=O) groups is 1. The van der Waals surface area contributed by atoms with Crippen LogP contribution in [-0.4, -0.2) is 26.1 Å². The number of nitrogens with zero attached hydrogens (tertiary/aromatic N) is 4. The summed E-state index contributed by atoms with van der Waals surface area (Å²) >= 11 is 0. The molecule has 8 nitrogen and oxygen atoms in total. The van der Waals surface area contributed by atoms with Gasteiger partial charge in [-0.2, -0.15) is 10.4 Å². The number of hydrogen-bond donors (Lipinski definition) is 3. The molecule has 0 unspecified atom stereocenters. The number of carbonyl (C=O) groups excluding carboxylic acids is 1. The first-order valence-corrected chi connectivity index (χ1v) is 9.93. The molecule has 0 bridgehead atoms. The van der Waals surface area contributed by atoms with Crippen LogP contribution in [0.3, 0.4) is 0 Å². The van der Waals surface area contributed by atoms with Gasteiger partial charge in [0, 0.05) is 36.4 Å². The summed E-state index contributed by atoms with van der Waals surface area (Å²) in [5.41, 5.74) is 10.1. The van der Waals surface area contributed by atoms with Gasteiger partial charge in [-0.1, -0.05) is 36.4 Å². The average Bonchev–Trinajstić information content (AvgIpc) is 3.48. The fraction of sp³-hybridized carbons (Fsp3) is 0.0833. The molecular formula is C24H21N7O. The molecule has 8 heteroatoms. The molecule has 158 valence electrons. The van der Waals surface area contributed by atoms with E-state index in [1.165, 1.54) is 0 Å². The van der Waals surface area contributed by atoms with E-state index in [2.05, 4.69) is 16.5 Å². The van der Waals surface area contributed by atoms with Crippen LogP contribution in [0.1, 0.15) is 32.6 Å². The summed E-state index contributed by atoms with van der Waals surface area (Å²) in [6.07, 6.45) is 6.90. The minimum Gasteiger partial charge on any atom is -0.384 e. The molecule has 2 aromatic heterocycles. The van der Waals surface area contributed by atoms with Crippen LogP contribution in [0.25, 0.3) is 5.69 Å². The quantitative estimate of drug-likeness (QED) is 0.312. The third kappa shape index (κ3) is 4.74. The van der Waals surface area contributed by atoms with Gasteiger partial charge in [-0.25, -0.2) is 0 Å². The van der Waals surface area contributed by atoms with Crippen LogP contribution in [0.4, 0.5) is 0 Å². The van der Waals surface area contributed by atoms with Gasteiger partial charge >= 0.3 is 0 Å². The van der Waals surface area contributed by atoms with Gasteiger partial charge in [0.05, 0.1) is 23.9 Å². The Labute approximate surface area is 185 Å². The highest BCUT2D eigenvalue weighted by Crippen LogP contribution is 2.13. The van der Waals surface area contributed by atoms with Crippen LogP contribution in [0.2, 0.25) is 0 Å². The topological polar surface area (TPSA) is 126 Å². The van der Waals surface area contributed by atoms with E-state index in [1.54, 1.807) is 41.5 Å². The lowest BCUT2D eigenvalue weighted by Gasteiger charge is -2.06. The highest BCUT2D eigenvalue weighted by Gasteiger charge is 2.09. The Morgan fingerprint density at radius 3 is 2.41 bits per heavy atom. The van der Waals surface area contributed by atoms with Crippen molar-refractivity contribution in [3.8, 4) is 11.8 Å². The van der Waals surface area contributed by atoms with Crippen LogP contribution in [0.15, 0.2) is 79.4 Å². The summed E-state index contributed by atoms with van der Waals surface area (Å²) in [5.74, 6) is -0.191. The van der Waals surface area contributed by atoms with Gasteiger partial charge in [0.25, 0.3) is 5.91 Å². The number of aromatic nitrogens is 3. The van der Waals surface area contributed by atoms with Crippen molar-refractivity contribution in [2.45, 2.75) is 13.1 Å². The van der Waals surface area contributed by atoms with Gasteiger partial charge in [0.2, 0.25) is 0 Å². The Kier molecular flexibility index (Phi) is 5.81. The number of nitriles is 1. The first kappa shape index (κ1) is 20.6. The first-order valence-electron chi connectivity index (χ1n) is 9.93. The summed E-state index contributed by atoms with van der Waals surface area (Å²) in [6.45, 7) is 0.908. The summed E-state index contributed by atoms with van der Waals surface area (Å²) < 4.78 is 3.61. The maximum Gasteiger partial charge on any atom is 0.254 e. The van der Waals surface area contributed by atoms with Crippen molar-refractivity contribution in [1.29, 1.82) is 10.7 Å². The highest BCUT2D eigenvalue weighted by atomic mass is 16.1. The molecule has 0 aliphatic carbocycles. The van der Waals surface area contributed by atoms with E-state index in [9.17, 15) is 4.79 Å². The van der Waals surface area contributed by atoms with Gasteiger partial charge in [-0.3, -0.25) is 14.9 Å². The van der Waals surface area contributed by atoms with Gasteiger partial charge in [-0.15, -0.1) is 0 Å². The zero-order chi connectivity index (χ0) is 22.5. The van der Waals surface area contributed by atoms with E-state index in [4.69, 9.17) is 16.4 Å². The summed E-state index contributed by atoms with van der Waals surface area (Å²) in [4.78, 5) is 12.4. The molecule has 4 aromatic rings. The van der Waals surface area contributed by atoms with Crippen LogP contribution in [0, 0.1) is 16.7 Å². The van der Waals surface area contributed by atoms with Gasteiger partial charge in [0.1, 0.15) is 11.9 Å². The van der Waals surface area contributed by atoms with Crippen LogP contribution >= 0.6 is 0 Å². The molecule has 2 heterocycles.